The normalized spacial score (nSPS) is 14.0. The van der Waals surface area contributed by atoms with E-state index in [1.54, 1.807) is 0 Å². The largest absolute Gasteiger partial charge is 0.378 e. The van der Waals surface area contributed by atoms with Crippen LogP contribution in [-0.4, -0.2) is 55.9 Å². The van der Waals surface area contributed by atoms with Crippen LogP contribution in [0.4, 0.5) is 17.3 Å². The summed E-state index contributed by atoms with van der Waals surface area (Å²) >= 11 is 0. The Balaban J connectivity index is 1.80. The minimum atomic E-state index is -0.264. The summed E-state index contributed by atoms with van der Waals surface area (Å²) in [7, 11) is 3.92. The highest BCUT2D eigenvalue weighted by Crippen LogP contribution is 2.16. The van der Waals surface area contributed by atoms with Crippen LogP contribution in [0.15, 0.2) is 35.1 Å². The van der Waals surface area contributed by atoms with Gasteiger partial charge in [0.15, 0.2) is 0 Å². The number of hydrogen-bond acceptors (Lipinski definition) is 6. The molecular weight excluding hydrogens is 358 g/mol. The molecule has 150 valence electrons. The third-order valence-corrected chi connectivity index (χ3v) is 4.67. The van der Waals surface area contributed by atoms with Gasteiger partial charge < -0.3 is 19.9 Å². The maximum atomic E-state index is 12.6. The average molecular weight is 385 g/mol. The van der Waals surface area contributed by atoms with Crippen molar-refractivity contribution in [1.29, 1.82) is 0 Å². The predicted octanol–water partition coefficient (Wildman–Crippen LogP) is 1.35. The molecule has 28 heavy (non-hydrogen) atoms. The highest BCUT2D eigenvalue weighted by Gasteiger charge is 2.20. The van der Waals surface area contributed by atoms with E-state index in [2.05, 4.69) is 10.3 Å². The Morgan fingerprint density at radius 3 is 2.50 bits per heavy atom. The van der Waals surface area contributed by atoms with Crippen LogP contribution in [-0.2, 0) is 22.5 Å². The first kappa shape index (κ1) is 19.9. The summed E-state index contributed by atoms with van der Waals surface area (Å²) in [6, 6.07) is 9.05. The number of rotatable bonds is 6. The molecule has 2 aromatic rings. The molecule has 0 atom stereocenters. The summed E-state index contributed by atoms with van der Waals surface area (Å²) in [5.74, 6) is 0.269. The lowest BCUT2D eigenvalue weighted by Gasteiger charge is -2.29. The maximum Gasteiger partial charge on any atom is 0.255 e. The van der Waals surface area contributed by atoms with E-state index in [1.165, 1.54) is 10.6 Å². The summed E-state index contributed by atoms with van der Waals surface area (Å²) < 4.78 is 6.83. The minimum Gasteiger partial charge on any atom is -0.378 e. The molecule has 0 unspecified atom stereocenters. The SMILES string of the molecule is CCc1cc(=O)n(CC(=O)Nc2ccc(N(C)C)cc2)c(N2CCOCC2)n1. The van der Waals surface area contributed by atoms with Crippen LogP contribution in [0.1, 0.15) is 12.6 Å². The predicted molar refractivity (Wildman–Crippen MR) is 110 cm³/mol. The quantitative estimate of drug-likeness (QED) is 0.809. The molecule has 8 heteroatoms. The Morgan fingerprint density at radius 2 is 1.89 bits per heavy atom. The van der Waals surface area contributed by atoms with Crippen molar-refractivity contribution < 1.29 is 9.53 Å². The van der Waals surface area contributed by atoms with Crippen LogP contribution in [0.25, 0.3) is 0 Å². The number of amides is 1. The van der Waals surface area contributed by atoms with Gasteiger partial charge in [-0.3, -0.25) is 14.2 Å². The Kier molecular flexibility index (Phi) is 6.30. The number of hydrogen-bond donors (Lipinski definition) is 1. The van der Waals surface area contributed by atoms with E-state index in [-0.39, 0.29) is 18.0 Å². The standard InChI is InChI=1S/C20H27N5O3/c1-4-15-13-19(27)25(20(22-15)24-9-11-28-12-10-24)14-18(26)21-16-5-7-17(8-6-16)23(2)3/h5-8,13H,4,9-12,14H2,1-3H3,(H,21,26). The second kappa shape index (κ2) is 8.88. The Hall–Kier alpha value is -2.87. The van der Waals surface area contributed by atoms with E-state index in [9.17, 15) is 9.59 Å². The molecule has 3 rings (SSSR count). The average Bonchev–Trinajstić information content (AvgIpc) is 2.70. The van der Waals surface area contributed by atoms with E-state index in [0.29, 0.717) is 44.4 Å². The topological polar surface area (TPSA) is 79.7 Å². The molecule has 8 nitrogen and oxygen atoms in total. The molecule has 1 amide bonds. The lowest BCUT2D eigenvalue weighted by atomic mass is 10.2. The monoisotopic (exact) mass is 385 g/mol. The second-order valence-electron chi connectivity index (χ2n) is 6.91. The van der Waals surface area contributed by atoms with Gasteiger partial charge in [0.05, 0.1) is 13.2 Å². The number of carbonyl (C=O) groups excluding carboxylic acids is 1. The molecule has 0 spiro atoms. The zero-order valence-corrected chi connectivity index (χ0v) is 16.6. The van der Waals surface area contributed by atoms with Gasteiger partial charge in [0, 0.05) is 50.3 Å². The molecule has 0 aliphatic carbocycles. The fourth-order valence-corrected chi connectivity index (χ4v) is 3.06. The summed E-state index contributed by atoms with van der Waals surface area (Å²) in [5.41, 5.74) is 2.24. The molecule has 1 fully saturated rings. The zero-order valence-electron chi connectivity index (χ0n) is 16.6. The van der Waals surface area contributed by atoms with Crippen LogP contribution < -0.4 is 20.7 Å². The highest BCUT2D eigenvalue weighted by atomic mass is 16.5. The van der Waals surface area contributed by atoms with Gasteiger partial charge in [-0.05, 0) is 30.7 Å². The molecule has 0 bridgehead atoms. The van der Waals surface area contributed by atoms with Crippen molar-refractivity contribution in [1.82, 2.24) is 9.55 Å². The van der Waals surface area contributed by atoms with Gasteiger partial charge in [-0.1, -0.05) is 6.92 Å². The number of anilines is 3. The van der Waals surface area contributed by atoms with Crippen LogP contribution in [0.2, 0.25) is 0 Å². The molecule has 1 N–H and O–H groups in total. The number of ether oxygens (including phenoxy) is 1. The van der Waals surface area contributed by atoms with E-state index in [0.717, 1.165) is 11.4 Å². The molecule has 1 aliphatic rings. The highest BCUT2D eigenvalue weighted by molar-refractivity contribution is 5.90. The summed E-state index contributed by atoms with van der Waals surface area (Å²) in [5, 5.41) is 2.85. The maximum absolute atomic E-state index is 12.6. The molecule has 0 saturated carbocycles. The fraction of sp³-hybridized carbons (Fsp3) is 0.450. The molecule has 1 saturated heterocycles. The number of nitrogens with zero attached hydrogens (tertiary/aromatic N) is 4. The number of benzene rings is 1. The molecular formula is C20H27N5O3. The van der Waals surface area contributed by atoms with Gasteiger partial charge in [0.1, 0.15) is 6.54 Å². The molecule has 1 aromatic carbocycles. The molecule has 0 radical (unpaired) electrons. The van der Waals surface area contributed by atoms with Crippen LogP contribution >= 0.6 is 0 Å². The number of morpholine rings is 1. The number of carbonyl (C=O) groups is 1. The van der Waals surface area contributed by atoms with E-state index in [4.69, 9.17) is 4.74 Å². The van der Waals surface area contributed by atoms with Gasteiger partial charge in [-0.15, -0.1) is 0 Å². The summed E-state index contributed by atoms with van der Waals surface area (Å²) in [4.78, 5) is 33.8. The lowest BCUT2D eigenvalue weighted by Crippen LogP contribution is -2.42. The smallest absolute Gasteiger partial charge is 0.255 e. The van der Waals surface area contributed by atoms with E-state index < -0.39 is 0 Å². The Morgan fingerprint density at radius 1 is 1.21 bits per heavy atom. The van der Waals surface area contributed by atoms with Crippen LogP contribution in [0.3, 0.4) is 0 Å². The number of nitrogens with one attached hydrogen (secondary N) is 1. The van der Waals surface area contributed by atoms with Crippen LogP contribution in [0.5, 0.6) is 0 Å². The van der Waals surface area contributed by atoms with Crippen molar-refractivity contribution in [3.8, 4) is 0 Å². The van der Waals surface area contributed by atoms with Crippen molar-refractivity contribution >= 4 is 23.2 Å². The number of aryl methyl sites for hydroxylation is 1. The molecule has 1 aliphatic heterocycles. The molecule has 2 heterocycles. The first-order valence-electron chi connectivity index (χ1n) is 9.48. The van der Waals surface area contributed by atoms with Gasteiger partial charge in [-0.25, -0.2) is 4.98 Å². The van der Waals surface area contributed by atoms with Gasteiger partial charge >= 0.3 is 0 Å². The second-order valence-corrected chi connectivity index (χ2v) is 6.91. The minimum absolute atomic E-state index is 0.0854. The fourth-order valence-electron chi connectivity index (χ4n) is 3.06. The third-order valence-electron chi connectivity index (χ3n) is 4.67. The van der Waals surface area contributed by atoms with Crippen LogP contribution in [0, 0.1) is 0 Å². The first-order chi connectivity index (χ1) is 13.5. The number of aromatic nitrogens is 2. The van der Waals surface area contributed by atoms with Crippen molar-refractivity contribution in [2.75, 3.05) is 55.5 Å². The lowest BCUT2D eigenvalue weighted by molar-refractivity contribution is -0.116. The third kappa shape index (κ3) is 4.69. The van der Waals surface area contributed by atoms with Gasteiger partial charge in [0.25, 0.3) is 5.56 Å². The van der Waals surface area contributed by atoms with Crippen molar-refractivity contribution in [3.63, 3.8) is 0 Å². The van der Waals surface area contributed by atoms with E-state index in [1.807, 2.05) is 55.1 Å². The zero-order chi connectivity index (χ0) is 20.1. The Labute approximate surface area is 164 Å². The van der Waals surface area contributed by atoms with Gasteiger partial charge in [0.2, 0.25) is 11.9 Å². The molecule has 1 aromatic heterocycles. The summed E-state index contributed by atoms with van der Waals surface area (Å²) in [6.45, 7) is 4.32. The van der Waals surface area contributed by atoms with Gasteiger partial charge in [-0.2, -0.15) is 0 Å². The van der Waals surface area contributed by atoms with Crippen molar-refractivity contribution in [2.24, 2.45) is 0 Å². The summed E-state index contributed by atoms with van der Waals surface area (Å²) in [6.07, 6.45) is 0.665. The Bertz CT molecular complexity index is 870. The van der Waals surface area contributed by atoms with Crippen molar-refractivity contribution in [3.05, 3.63) is 46.4 Å². The van der Waals surface area contributed by atoms with E-state index >= 15 is 0 Å². The first-order valence-corrected chi connectivity index (χ1v) is 9.48. The van der Waals surface area contributed by atoms with Crippen molar-refractivity contribution in [2.45, 2.75) is 19.9 Å².